The summed E-state index contributed by atoms with van der Waals surface area (Å²) in [6.45, 7) is 4.95. The molecule has 0 bridgehead atoms. The Hall–Kier alpha value is -2.62. The minimum atomic E-state index is -0.860. The SMILES string of the molecule is CC(C)NC(=O)N1CCN(C(=O)c2cccs2)CC1C(=O)NC1CCCNC1=O. The van der Waals surface area contributed by atoms with Gasteiger partial charge in [0.2, 0.25) is 11.8 Å². The molecule has 10 heteroatoms. The zero-order valence-electron chi connectivity index (χ0n) is 16.6. The van der Waals surface area contributed by atoms with Crippen LogP contribution in [0, 0.1) is 0 Å². The highest BCUT2D eigenvalue weighted by Gasteiger charge is 2.39. The first-order chi connectivity index (χ1) is 13.9. The van der Waals surface area contributed by atoms with E-state index in [-0.39, 0.29) is 37.0 Å². The molecular formula is C19H27N5O4S. The molecule has 0 aliphatic carbocycles. The maximum Gasteiger partial charge on any atom is 0.318 e. The van der Waals surface area contributed by atoms with Crippen molar-refractivity contribution in [1.82, 2.24) is 25.8 Å². The largest absolute Gasteiger partial charge is 0.354 e. The van der Waals surface area contributed by atoms with Crippen LogP contribution in [0.3, 0.4) is 0 Å². The number of piperazine rings is 1. The van der Waals surface area contributed by atoms with Crippen molar-refractivity contribution < 1.29 is 19.2 Å². The molecular weight excluding hydrogens is 394 g/mol. The van der Waals surface area contributed by atoms with Crippen LogP contribution in [0.5, 0.6) is 0 Å². The Morgan fingerprint density at radius 2 is 2.07 bits per heavy atom. The second kappa shape index (κ2) is 9.25. The number of nitrogens with zero attached hydrogens (tertiary/aromatic N) is 2. The Morgan fingerprint density at radius 3 is 2.72 bits per heavy atom. The Morgan fingerprint density at radius 1 is 1.28 bits per heavy atom. The molecule has 2 atom stereocenters. The Bertz CT molecular complexity index is 767. The molecule has 2 aliphatic rings. The molecule has 2 unspecified atom stereocenters. The maximum atomic E-state index is 13.0. The van der Waals surface area contributed by atoms with Crippen molar-refractivity contribution in [3.63, 3.8) is 0 Å². The molecule has 3 rings (SSSR count). The fourth-order valence-corrected chi connectivity index (χ4v) is 4.19. The summed E-state index contributed by atoms with van der Waals surface area (Å²) in [6.07, 6.45) is 1.34. The number of amides is 5. The second-order valence-corrected chi connectivity index (χ2v) is 8.48. The van der Waals surface area contributed by atoms with Gasteiger partial charge in [-0.2, -0.15) is 0 Å². The van der Waals surface area contributed by atoms with Crippen molar-refractivity contribution in [2.75, 3.05) is 26.2 Å². The normalized spacial score (nSPS) is 22.2. The molecule has 3 N–H and O–H groups in total. The summed E-state index contributed by atoms with van der Waals surface area (Å²) < 4.78 is 0. The van der Waals surface area contributed by atoms with Gasteiger partial charge in [0.25, 0.3) is 5.91 Å². The van der Waals surface area contributed by atoms with Crippen LogP contribution in [0.4, 0.5) is 4.79 Å². The van der Waals surface area contributed by atoms with Crippen molar-refractivity contribution in [3.05, 3.63) is 22.4 Å². The van der Waals surface area contributed by atoms with Gasteiger partial charge in [-0.15, -0.1) is 11.3 Å². The van der Waals surface area contributed by atoms with Crippen LogP contribution in [0.25, 0.3) is 0 Å². The minimum Gasteiger partial charge on any atom is -0.354 e. The van der Waals surface area contributed by atoms with E-state index >= 15 is 0 Å². The van der Waals surface area contributed by atoms with Crippen molar-refractivity contribution in [2.45, 2.75) is 44.8 Å². The number of piperidine rings is 1. The number of hydrogen-bond acceptors (Lipinski definition) is 5. The average Bonchev–Trinajstić information content (AvgIpc) is 3.23. The van der Waals surface area contributed by atoms with Crippen LogP contribution in [-0.4, -0.2) is 77.9 Å². The van der Waals surface area contributed by atoms with E-state index < -0.39 is 18.0 Å². The number of carbonyl (C=O) groups excluding carboxylic acids is 4. The summed E-state index contributed by atoms with van der Waals surface area (Å²) in [4.78, 5) is 54.1. The van der Waals surface area contributed by atoms with Gasteiger partial charge in [0.1, 0.15) is 12.1 Å². The van der Waals surface area contributed by atoms with Gasteiger partial charge in [0.15, 0.2) is 0 Å². The number of nitrogens with one attached hydrogen (secondary N) is 3. The van der Waals surface area contributed by atoms with Gasteiger partial charge in [-0.1, -0.05) is 6.07 Å². The average molecular weight is 422 g/mol. The predicted octanol–water partition coefficient (Wildman–Crippen LogP) is 0.387. The molecule has 9 nitrogen and oxygen atoms in total. The Labute approximate surface area is 173 Å². The summed E-state index contributed by atoms with van der Waals surface area (Å²) >= 11 is 1.34. The summed E-state index contributed by atoms with van der Waals surface area (Å²) in [5.41, 5.74) is 0. The molecule has 3 heterocycles. The topological polar surface area (TPSA) is 111 Å². The Kier molecular flexibility index (Phi) is 6.73. The van der Waals surface area contributed by atoms with Gasteiger partial charge in [-0.25, -0.2) is 4.79 Å². The van der Waals surface area contributed by atoms with Crippen LogP contribution in [-0.2, 0) is 9.59 Å². The van der Waals surface area contributed by atoms with Crippen LogP contribution in [0.1, 0.15) is 36.4 Å². The highest BCUT2D eigenvalue weighted by atomic mass is 32.1. The van der Waals surface area contributed by atoms with Crippen molar-refractivity contribution in [1.29, 1.82) is 0 Å². The van der Waals surface area contributed by atoms with Crippen molar-refractivity contribution in [2.24, 2.45) is 0 Å². The first kappa shape index (κ1) is 21.1. The monoisotopic (exact) mass is 421 g/mol. The lowest BCUT2D eigenvalue weighted by Crippen LogP contribution is -2.65. The number of thiophene rings is 1. The lowest BCUT2D eigenvalue weighted by atomic mass is 10.1. The van der Waals surface area contributed by atoms with Gasteiger partial charge in [0, 0.05) is 25.7 Å². The Balaban J connectivity index is 1.75. The van der Waals surface area contributed by atoms with E-state index in [2.05, 4.69) is 16.0 Å². The number of carbonyl (C=O) groups is 4. The molecule has 0 saturated carbocycles. The third-order valence-corrected chi connectivity index (χ3v) is 5.83. The zero-order chi connectivity index (χ0) is 21.0. The van der Waals surface area contributed by atoms with Crippen LogP contribution >= 0.6 is 11.3 Å². The lowest BCUT2D eigenvalue weighted by Gasteiger charge is -2.41. The molecule has 0 aromatic carbocycles. The van der Waals surface area contributed by atoms with E-state index in [9.17, 15) is 19.2 Å². The van der Waals surface area contributed by atoms with E-state index in [1.165, 1.54) is 16.2 Å². The predicted molar refractivity (Wildman–Crippen MR) is 109 cm³/mol. The first-order valence-electron chi connectivity index (χ1n) is 9.85. The lowest BCUT2D eigenvalue weighted by molar-refractivity contribution is -0.133. The van der Waals surface area contributed by atoms with Gasteiger partial charge >= 0.3 is 6.03 Å². The standard InChI is InChI=1S/C19H27N5O4S/c1-12(2)21-19(28)24-9-8-23(18(27)15-6-4-10-29-15)11-14(24)17(26)22-13-5-3-7-20-16(13)25/h4,6,10,12-14H,3,5,7-9,11H2,1-2H3,(H,20,25)(H,21,28)(H,22,26). The number of urea groups is 1. The quantitative estimate of drug-likeness (QED) is 0.653. The molecule has 0 spiro atoms. The zero-order valence-corrected chi connectivity index (χ0v) is 17.5. The van der Waals surface area contributed by atoms with Gasteiger partial charge in [-0.3, -0.25) is 14.4 Å². The molecule has 2 aliphatic heterocycles. The van der Waals surface area contributed by atoms with Crippen LogP contribution in [0.2, 0.25) is 0 Å². The molecule has 0 radical (unpaired) electrons. The smallest absolute Gasteiger partial charge is 0.318 e. The molecule has 1 aromatic rings. The summed E-state index contributed by atoms with van der Waals surface area (Å²) in [6, 6.07) is 1.64. The minimum absolute atomic E-state index is 0.0823. The van der Waals surface area contributed by atoms with Crippen LogP contribution < -0.4 is 16.0 Å². The highest BCUT2D eigenvalue weighted by Crippen LogP contribution is 2.18. The van der Waals surface area contributed by atoms with E-state index in [1.807, 2.05) is 19.2 Å². The maximum absolute atomic E-state index is 13.0. The number of hydrogen-bond donors (Lipinski definition) is 3. The molecule has 29 heavy (non-hydrogen) atoms. The van der Waals surface area contributed by atoms with Gasteiger partial charge in [0.05, 0.1) is 11.4 Å². The second-order valence-electron chi connectivity index (χ2n) is 7.54. The molecule has 1 aromatic heterocycles. The van der Waals surface area contributed by atoms with Crippen molar-refractivity contribution in [3.8, 4) is 0 Å². The van der Waals surface area contributed by atoms with E-state index in [4.69, 9.17) is 0 Å². The van der Waals surface area contributed by atoms with Crippen molar-refractivity contribution >= 4 is 35.1 Å². The van der Waals surface area contributed by atoms with Gasteiger partial charge < -0.3 is 25.8 Å². The van der Waals surface area contributed by atoms with E-state index in [0.717, 1.165) is 6.42 Å². The molecule has 2 fully saturated rings. The fraction of sp³-hybridized carbons (Fsp3) is 0.579. The molecule has 158 valence electrons. The summed E-state index contributed by atoms with van der Waals surface area (Å²) in [5.74, 6) is -0.795. The molecule has 2 saturated heterocycles. The van der Waals surface area contributed by atoms with E-state index in [1.54, 1.807) is 17.0 Å². The summed E-state index contributed by atoms with van der Waals surface area (Å²) in [5, 5.41) is 10.1. The van der Waals surface area contributed by atoms with Gasteiger partial charge in [-0.05, 0) is 38.1 Å². The molecule has 5 amide bonds. The van der Waals surface area contributed by atoms with Crippen LogP contribution in [0.15, 0.2) is 17.5 Å². The van der Waals surface area contributed by atoms with E-state index in [0.29, 0.717) is 24.4 Å². The third kappa shape index (κ3) is 5.06. The first-order valence-corrected chi connectivity index (χ1v) is 10.7. The fourth-order valence-electron chi connectivity index (χ4n) is 3.50. The number of rotatable bonds is 4. The highest BCUT2D eigenvalue weighted by molar-refractivity contribution is 7.12. The summed E-state index contributed by atoms with van der Waals surface area (Å²) in [7, 11) is 0. The third-order valence-electron chi connectivity index (χ3n) is 4.98.